The Labute approximate surface area is 252 Å². The molecule has 6 nitrogen and oxygen atoms in total. The topological polar surface area (TPSA) is 92.8 Å². The van der Waals surface area contributed by atoms with Crippen molar-refractivity contribution in [1.82, 2.24) is 4.98 Å². The van der Waals surface area contributed by atoms with Gasteiger partial charge in [0.05, 0.1) is 28.7 Å². The Morgan fingerprint density at radius 1 is 1.21 bits per heavy atom. The highest BCUT2D eigenvalue weighted by molar-refractivity contribution is 5.75. The largest absolute Gasteiger partial charge is 0.461 e. The number of aliphatic hydroxyl groups excluding tert-OH is 2. The molecule has 0 amide bonds. The van der Waals surface area contributed by atoms with Crippen molar-refractivity contribution in [2.45, 2.75) is 136 Å². The zero-order chi connectivity index (χ0) is 30.4. The molecule has 5 rings (SSSR count). The third kappa shape index (κ3) is 6.08. The summed E-state index contributed by atoms with van der Waals surface area (Å²) in [6.07, 6.45) is 15.4. The molecule has 0 aromatic carbocycles. The SMILES string of the molecule is C=C1C(=CC=C2CCC[C@]3(C)[C@@H]([C@H](C)CC[C@@H](OC(=O)C(C)(C)C)C4(c5nc(C)co5)CC4)CC[C@@H]23)C[C@@H](O)C[C@@H]1O. The van der Waals surface area contributed by atoms with Crippen LogP contribution >= 0.6 is 0 Å². The van der Waals surface area contributed by atoms with E-state index in [4.69, 9.17) is 9.15 Å². The summed E-state index contributed by atoms with van der Waals surface area (Å²) in [5.41, 5.74) is 3.51. The van der Waals surface area contributed by atoms with Gasteiger partial charge in [0.25, 0.3) is 0 Å². The molecule has 0 unspecified atom stereocenters. The Kier molecular flexibility index (Phi) is 8.72. The fourth-order valence-electron chi connectivity index (χ4n) is 8.44. The molecule has 0 radical (unpaired) electrons. The lowest BCUT2D eigenvalue weighted by Crippen LogP contribution is -2.38. The zero-order valence-corrected chi connectivity index (χ0v) is 26.7. The van der Waals surface area contributed by atoms with Crippen LogP contribution in [0.2, 0.25) is 0 Å². The molecule has 0 spiro atoms. The number of hydrogen-bond acceptors (Lipinski definition) is 6. The number of nitrogens with zero attached hydrogens (tertiary/aromatic N) is 1. The molecule has 1 aromatic heterocycles. The Morgan fingerprint density at radius 3 is 2.60 bits per heavy atom. The van der Waals surface area contributed by atoms with Crippen LogP contribution in [0.5, 0.6) is 0 Å². The van der Waals surface area contributed by atoms with Crippen molar-refractivity contribution in [2.75, 3.05) is 0 Å². The highest BCUT2D eigenvalue weighted by atomic mass is 16.5. The van der Waals surface area contributed by atoms with Crippen molar-refractivity contribution < 1.29 is 24.2 Å². The Balaban J connectivity index is 1.30. The first-order valence-electron chi connectivity index (χ1n) is 16.3. The number of aryl methyl sites for hydroxylation is 1. The lowest BCUT2D eigenvalue weighted by Gasteiger charge is -2.44. The Hall–Kier alpha value is -2.18. The minimum atomic E-state index is -0.652. The van der Waals surface area contributed by atoms with Crippen LogP contribution in [0.4, 0.5) is 0 Å². The smallest absolute Gasteiger partial charge is 0.311 e. The van der Waals surface area contributed by atoms with E-state index in [2.05, 4.69) is 37.6 Å². The number of aromatic nitrogens is 1. The molecular formula is C36H53NO5. The number of carbonyl (C=O) groups is 1. The fraction of sp³-hybridized carbons (Fsp3) is 0.722. The van der Waals surface area contributed by atoms with Crippen LogP contribution in [0.1, 0.15) is 117 Å². The van der Waals surface area contributed by atoms with E-state index >= 15 is 0 Å². The average molecular weight is 580 g/mol. The second-order valence-electron chi connectivity index (χ2n) is 15.3. The van der Waals surface area contributed by atoms with Crippen LogP contribution in [0.25, 0.3) is 0 Å². The number of oxazole rings is 1. The molecule has 0 bridgehead atoms. The van der Waals surface area contributed by atoms with Gasteiger partial charge < -0.3 is 19.4 Å². The van der Waals surface area contributed by atoms with E-state index in [9.17, 15) is 15.0 Å². The highest BCUT2D eigenvalue weighted by Crippen LogP contribution is 2.60. The molecule has 4 aliphatic rings. The Bertz CT molecular complexity index is 1230. The number of allylic oxidation sites excluding steroid dienone is 3. The zero-order valence-electron chi connectivity index (χ0n) is 26.7. The quantitative estimate of drug-likeness (QED) is 0.309. The van der Waals surface area contributed by atoms with Gasteiger partial charge in [-0.3, -0.25) is 4.79 Å². The van der Waals surface area contributed by atoms with Crippen LogP contribution in [0.15, 0.2) is 46.1 Å². The summed E-state index contributed by atoms with van der Waals surface area (Å²) >= 11 is 0. The normalized spacial score (nSPS) is 34.3. The lowest BCUT2D eigenvalue weighted by molar-refractivity contribution is -0.161. The van der Waals surface area contributed by atoms with Crippen molar-refractivity contribution in [3.63, 3.8) is 0 Å². The number of fused-ring (bicyclic) bond motifs is 1. The molecule has 2 N–H and O–H groups in total. The van der Waals surface area contributed by atoms with Gasteiger partial charge >= 0.3 is 5.97 Å². The first kappa shape index (κ1) is 31.3. The van der Waals surface area contributed by atoms with Crippen LogP contribution in [0.3, 0.4) is 0 Å². The second kappa shape index (κ2) is 11.7. The number of aliphatic hydroxyl groups is 2. The van der Waals surface area contributed by atoms with Crippen LogP contribution in [0, 0.1) is 35.5 Å². The maximum absolute atomic E-state index is 13.1. The highest BCUT2D eigenvalue weighted by Gasteiger charge is 2.57. The van der Waals surface area contributed by atoms with Crippen LogP contribution < -0.4 is 0 Å². The van der Waals surface area contributed by atoms with Crippen LogP contribution in [-0.4, -0.2) is 39.5 Å². The van der Waals surface area contributed by atoms with E-state index in [-0.39, 0.29) is 22.9 Å². The van der Waals surface area contributed by atoms with E-state index < -0.39 is 17.6 Å². The molecule has 0 saturated heterocycles. The molecule has 0 aliphatic heterocycles. The molecular weight excluding hydrogens is 526 g/mol. The maximum Gasteiger partial charge on any atom is 0.311 e. The first-order chi connectivity index (χ1) is 19.7. The standard InChI is InChI=1S/C36H53NO5/c1-22(10-15-31(42-33(40)34(4,5)6)36(17-18-36)32-37-23(2)21-41-32)28-13-14-29-25(9-8-16-35(28,29)7)11-12-26-19-27(38)20-30(39)24(26)3/h11-12,21-22,27-31,38-39H,3,8-10,13-20H2,1-2,4-7H3/t22-,27-,28-,29+,30+,31-,35-/m1/s1. The fourth-order valence-corrected chi connectivity index (χ4v) is 8.44. The Morgan fingerprint density at radius 2 is 1.95 bits per heavy atom. The summed E-state index contributed by atoms with van der Waals surface area (Å²) < 4.78 is 12.2. The number of ether oxygens (including phenoxy) is 1. The van der Waals surface area contributed by atoms with E-state index in [0.717, 1.165) is 54.8 Å². The van der Waals surface area contributed by atoms with Gasteiger partial charge in [0.2, 0.25) is 5.89 Å². The number of hydrogen-bond donors (Lipinski definition) is 2. The van der Waals surface area contributed by atoms with E-state index in [1.807, 2.05) is 27.7 Å². The molecule has 42 heavy (non-hydrogen) atoms. The number of carbonyl (C=O) groups excluding carboxylic acids is 1. The van der Waals surface area contributed by atoms with Crippen molar-refractivity contribution in [1.29, 1.82) is 0 Å². The van der Waals surface area contributed by atoms with Gasteiger partial charge in [0.15, 0.2) is 0 Å². The summed E-state index contributed by atoms with van der Waals surface area (Å²) in [6, 6.07) is 0. The molecule has 4 aliphatic carbocycles. The predicted octanol–water partition coefficient (Wildman–Crippen LogP) is 7.53. The molecule has 4 saturated carbocycles. The van der Waals surface area contributed by atoms with Gasteiger partial charge in [-0.1, -0.05) is 38.2 Å². The monoisotopic (exact) mass is 579 g/mol. The van der Waals surface area contributed by atoms with Gasteiger partial charge in [0, 0.05) is 6.42 Å². The molecule has 232 valence electrons. The van der Waals surface area contributed by atoms with Crippen LogP contribution in [-0.2, 0) is 14.9 Å². The minimum absolute atomic E-state index is 0.153. The van der Waals surface area contributed by atoms with Crippen molar-refractivity contribution in [2.24, 2.45) is 28.6 Å². The molecule has 1 heterocycles. The predicted molar refractivity (Wildman–Crippen MR) is 165 cm³/mol. The van der Waals surface area contributed by atoms with Gasteiger partial charge in [-0.05, 0) is 126 Å². The lowest BCUT2D eigenvalue weighted by atomic mass is 9.60. The maximum atomic E-state index is 13.1. The summed E-state index contributed by atoms with van der Waals surface area (Å²) in [5.74, 6) is 2.26. The van der Waals surface area contributed by atoms with Gasteiger partial charge in [-0.25, -0.2) is 4.98 Å². The number of esters is 1. The summed E-state index contributed by atoms with van der Waals surface area (Å²) in [6.45, 7) is 16.7. The van der Waals surface area contributed by atoms with Crippen molar-refractivity contribution >= 4 is 5.97 Å². The molecule has 7 atom stereocenters. The first-order valence-corrected chi connectivity index (χ1v) is 16.3. The molecule has 4 fully saturated rings. The van der Waals surface area contributed by atoms with Crippen molar-refractivity contribution in [3.8, 4) is 0 Å². The average Bonchev–Trinajstić information content (AvgIpc) is 3.47. The summed E-state index contributed by atoms with van der Waals surface area (Å²) in [5, 5.41) is 20.5. The van der Waals surface area contributed by atoms with E-state index in [0.29, 0.717) is 30.6 Å². The number of rotatable bonds is 8. The second-order valence-corrected chi connectivity index (χ2v) is 15.3. The van der Waals surface area contributed by atoms with E-state index in [1.54, 1.807) is 6.26 Å². The minimum Gasteiger partial charge on any atom is -0.461 e. The van der Waals surface area contributed by atoms with E-state index in [1.165, 1.54) is 31.3 Å². The third-order valence-corrected chi connectivity index (χ3v) is 11.2. The van der Waals surface area contributed by atoms with Gasteiger partial charge in [-0.2, -0.15) is 0 Å². The van der Waals surface area contributed by atoms with Gasteiger partial charge in [-0.15, -0.1) is 0 Å². The van der Waals surface area contributed by atoms with Gasteiger partial charge in [0.1, 0.15) is 12.4 Å². The molecule has 6 heteroatoms. The third-order valence-electron chi connectivity index (χ3n) is 11.2. The summed E-state index contributed by atoms with van der Waals surface area (Å²) in [4.78, 5) is 17.8. The molecule has 1 aromatic rings. The van der Waals surface area contributed by atoms with Crippen molar-refractivity contribution in [3.05, 3.63) is 53.3 Å². The summed E-state index contributed by atoms with van der Waals surface area (Å²) in [7, 11) is 0.